The Bertz CT molecular complexity index is 942. The van der Waals surface area contributed by atoms with Crippen molar-refractivity contribution in [2.75, 3.05) is 6.61 Å². The first kappa shape index (κ1) is 23.2. The fraction of sp³-hybridized carbons (Fsp3) is 0.500. The Labute approximate surface area is 186 Å². The topological polar surface area (TPSA) is 133 Å². The van der Waals surface area contributed by atoms with Crippen LogP contribution in [0.1, 0.15) is 55.2 Å². The Balaban J connectivity index is 1.39. The van der Waals surface area contributed by atoms with Gasteiger partial charge in [0.1, 0.15) is 5.75 Å². The summed E-state index contributed by atoms with van der Waals surface area (Å²) in [6.07, 6.45) is 3.07. The number of hydrogen-bond acceptors (Lipinski definition) is 8. The summed E-state index contributed by atoms with van der Waals surface area (Å²) in [7, 11) is 0. The van der Waals surface area contributed by atoms with E-state index >= 15 is 0 Å². The van der Waals surface area contributed by atoms with Crippen LogP contribution in [-0.4, -0.2) is 40.7 Å². The highest BCUT2D eigenvalue weighted by Crippen LogP contribution is 2.29. The number of esters is 1. The van der Waals surface area contributed by atoms with Crippen LogP contribution >= 0.6 is 0 Å². The molecule has 1 aliphatic carbocycles. The largest absolute Gasteiger partial charge is 0.485 e. The van der Waals surface area contributed by atoms with Crippen LogP contribution < -0.4 is 15.4 Å². The number of nitrogens with zero attached hydrogens (tertiary/aromatic N) is 2. The lowest BCUT2D eigenvalue weighted by Crippen LogP contribution is -2.49. The number of carbonyl (C=O) groups excluding carboxylic acids is 3. The van der Waals surface area contributed by atoms with Gasteiger partial charge in [-0.1, -0.05) is 31.8 Å². The number of hydrogen-bond donors (Lipinski definition) is 2. The van der Waals surface area contributed by atoms with Crippen molar-refractivity contribution < 1.29 is 28.4 Å². The predicted octanol–water partition coefficient (Wildman–Crippen LogP) is 2.76. The summed E-state index contributed by atoms with van der Waals surface area (Å²) in [5, 5.41) is 8.77. The van der Waals surface area contributed by atoms with Crippen LogP contribution in [0.15, 0.2) is 28.8 Å². The van der Waals surface area contributed by atoms with Crippen molar-refractivity contribution in [3.8, 4) is 5.75 Å². The molecule has 1 aliphatic rings. The molecule has 1 aromatic carbocycles. The fourth-order valence-corrected chi connectivity index (χ4v) is 3.60. The molecule has 1 heterocycles. The molecule has 1 saturated carbocycles. The summed E-state index contributed by atoms with van der Waals surface area (Å²) in [5.41, 5.74) is 0.245. The smallest absolute Gasteiger partial charge is 0.338 e. The van der Waals surface area contributed by atoms with Gasteiger partial charge in [-0.05, 0) is 42.5 Å². The van der Waals surface area contributed by atoms with Crippen LogP contribution in [0.5, 0.6) is 5.75 Å². The lowest BCUT2D eigenvalue weighted by molar-refractivity contribution is -0.123. The number of nitrogens with one attached hydrogen (secondary N) is 2. The summed E-state index contributed by atoms with van der Waals surface area (Å²) in [4.78, 5) is 40.2. The molecule has 1 fully saturated rings. The standard InChI is InChI=1S/C22H28N4O6/c1-13-5-4-6-18(14(13)2)24-22(29)25-20(27)12-31-21(28)16-7-9-17(10-8-16)30-11-19-23-15(3)32-26-19/h7-10,13-14,18H,4-6,11-12H2,1-3H3,(H2,24,25,27,29). The molecular weight excluding hydrogens is 416 g/mol. The second-order valence-electron chi connectivity index (χ2n) is 8.01. The Kier molecular flexibility index (Phi) is 7.80. The van der Waals surface area contributed by atoms with E-state index in [4.69, 9.17) is 14.0 Å². The molecule has 10 heteroatoms. The quantitative estimate of drug-likeness (QED) is 0.623. The second kappa shape index (κ2) is 10.7. The van der Waals surface area contributed by atoms with Crippen LogP contribution in [0.25, 0.3) is 0 Å². The zero-order chi connectivity index (χ0) is 23.1. The molecule has 2 N–H and O–H groups in total. The van der Waals surface area contributed by atoms with Gasteiger partial charge in [-0.2, -0.15) is 4.98 Å². The highest BCUT2D eigenvalue weighted by molar-refractivity contribution is 5.97. The monoisotopic (exact) mass is 444 g/mol. The third-order valence-electron chi connectivity index (χ3n) is 5.64. The van der Waals surface area contributed by atoms with Crippen LogP contribution in [0.2, 0.25) is 0 Å². The van der Waals surface area contributed by atoms with Gasteiger partial charge in [0, 0.05) is 13.0 Å². The van der Waals surface area contributed by atoms with Crippen molar-refractivity contribution in [1.82, 2.24) is 20.8 Å². The molecule has 3 amide bonds. The van der Waals surface area contributed by atoms with E-state index < -0.39 is 24.5 Å². The molecule has 0 bridgehead atoms. The number of urea groups is 1. The van der Waals surface area contributed by atoms with Gasteiger partial charge in [-0.25, -0.2) is 9.59 Å². The molecular formula is C22H28N4O6. The number of rotatable bonds is 7. The molecule has 0 spiro atoms. The van der Waals surface area contributed by atoms with E-state index in [2.05, 4.69) is 34.6 Å². The van der Waals surface area contributed by atoms with E-state index in [1.807, 2.05) is 0 Å². The van der Waals surface area contributed by atoms with Gasteiger partial charge in [-0.3, -0.25) is 10.1 Å². The zero-order valence-corrected chi connectivity index (χ0v) is 18.4. The Morgan fingerprint density at radius 1 is 1.16 bits per heavy atom. The van der Waals surface area contributed by atoms with Gasteiger partial charge >= 0.3 is 12.0 Å². The number of amides is 3. The van der Waals surface area contributed by atoms with Gasteiger partial charge in [0.2, 0.25) is 11.7 Å². The lowest BCUT2D eigenvalue weighted by atomic mass is 9.78. The van der Waals surface area contributed by atoms with Gasteiger partial charge < -0.3 is 19.3 Å². The van der Waals surface area contributed by atoms with Gasteiger partial charge in [-0.15, -0.1) is 0 Å². The van der Waals surface area contributed by atoms with E-state index in [1.165, 1.54) is 12.1 Å². The van der Waals surface area contributed by atoms with Crippen molar-refractivity contribution in [3.05, 3.63) is 41.5 Å². The lowest BCUT2D eigenvalue weighted by Gasteiger charge is -2.34. The van der Waals surface area contributed by atoms with Crippen molar-refractivity contribution in [3.63, 3.8) is 0 Å². The highest BCUT2D eigenvalue weighted by Gasteiger charge is 2.28. The molecule has 3 atom stereocenters. The van der Waals surface area contributed by atoms with Crippen molar-refractivity contribution in [2.45, 2.75) is 52.7 Å². The minimum absolute atomic E-state index is 0.0268. The zero-order valence-electron chi connectivity index (χ0n) is 18.4. The second-order valence-corrected chi connectivity index (χ2v) is 8.01. The van der Waals surface area contributed by atoms with E-state index in [0.717, 1.165) is 19.3 Å². The van der Waals surface area contributed by atoms with E-state index in [0.29, 0.717) is 29.3 Å². The number of benzene rings is 1. The van der Waals surface area contributed by atoms with Crippen LogP contribution in [0.4, 0.5) is 4.79 Å². The molecule has 32 heavy (non-hydrogen) atoms. The molecule has 0 aliphatic heterocycles. The van der Waals surface area contributed by atoms with E-state index in [1.54, 1.807) is 19.1 Å². The summed E-state index contributed by atoms with van der Waals surface area (Å²) >= 11 is 0. The maximum atomic E-state index is 12.1. The molecule has 0 radical (unpaired) electrons. The number of aromatic nitrogens is 2. The normalized spacial score (nSPS) is 20.3. The first-order valence-electron chi connectivity index (χ1n) is 10.6. The molecule has 3 unspecified atom stereocenters. The summed E-state index contributed by atoms with van der Waals surface area (Å²) in [5.74, 6) is 0.842. The number of aryl methyl sites for hydroxylation is 1. The average molecular weight is 444 g/mol. The Morgan fingerprint density at radius 2 is 1.91 bits per heavy atom. The van der Waals surface area contributed by atoms with Gasteiger partial charge in [0.15, 0.2) is 13.2 Å². The molecule has 0 saturated heterocycles. The van der Waals surface area contributed by atoms with E-state index in [9.17, 15) is 14.4 Å². The fourth-order valence-electron chi connectivity index (χ4n) is 3.60. The van der Waals surface area contributed by atoms with Crippen molar-refractivity contribution in [1.29, 1.82) is 0 Å². The molecule has 2 aromatic rings. The van der Waals surface area contributed by atoms with E-state index in [-0.39, 0.29) is 18.2 Å². The Hall–Kier alpha value is -3.43. The average Bonchev–Trinajstić information content (AvgIpc) is 3.19. The molecule has 172 valence electrons. The summed E-state index contributed by atoms with van der Waals surface area (Å²) in [6.45, 7) is 5.51. The summed E-state index contributed by atoms with van der Waals surface area (Å²) in [6, 6.07) is 5.64. The van der Waals surface area contributed by atoms with Crippen molar-refractivity contribution in [2.24, 2.45) is 11.8 Å². The third kappa shape index (κ3) is 6.53. The predicted molar refractivity (Wildman–Crippen MR) is 113 cm³/mol. The number of imide groups is 1. The van der Waals surface area contributed by atoms with Gasteiger partial charge in [0.25, 0.3) is 5.91 Å². The molecule has 3 rings (SSSR count). The minimum atomic E-state index is -0.692. The summed E-state index contributed by atoms with van der Waals surface area (Å²) < 4.78 is 15.4. The Morgan fingerprint density at radius 3 is 2.59 bits per heavy atom. The SMILES string of the molecule is Cc1nc(COc2ccc(C(=O)OCC(=O)NC(=O)NC3CCCC(C)C3C)cc2)no1. The first-order chi connectivity index (χ1) is 15.3. The minimum Gasteiger partial charge on any atom is -0.485 e. The van der Waals surface area contributed by atoms with Gasteiger partial charge in [0.05, 0.1) is 5.56 Å². The van der Waals surface area contributed by atoms with Crippen molar-refractivity contribution >= 4 is 17.9 Å². The molecule has 10 nitrogen and oxygen atoms in total. The maximum Gasteiger partial charge on any atom is 0.338 e. The van der Waals surface area contributed by atoms with Crippen LogP contribution in [0, 0.1) is 18.8 Å². The maximum absolute atomic E-state index is 12.1. The first-order valence-corrected chi connectivity index (χ1v) is 10.6. The number of carbonyl (C=O) groups is 3. The molecule has 1 aromatic heterocycles. The number of ether oxygens (including phenoxy) is 2. The van der Waals surface area contributed by atoms with Crippen LogP contribution in [-0.2, 0) is 16.1 Å². The van der Waals surface area contributed by atoms with Crippen LogP contribution in [0.3, 0.4) is 0 Å². The highest BCUT2D eigenvalue weighted by atomic mass is 16.5. The third-order valence-corrected chi connectivity index (χ3v) is 5.64.